The van der Waals surface area contributed by atoms with Gasteiger partial charge < -0.3 is 19.8 Å². The van der Waals surface area contributed by atoms with Gasteiger partial charge in [-0.1, -0.05) is 32.0 Å². The molecule has 2 aromatic carbocycles. The molecule has 31 heavy (non-hydrogen) atoms. The van der Waals surface area contributed by atoms with Gasteiger partial charge in [0.25, 0.3) is 5.91 Å². The zero-order valence-corrected chi connectivity index (χ0v) is 17.9. The number of hydrogen-bond donors (Lipinski definition) is 2. The Kier molecular flexibility index (Phi) is 5.08. The summed E-state index contributed by atoms with van der Waals surface area (Å²) in [4.78, 5) is 38.8. The van der Waals surface area contributed by atoms with Crippen molar-refractivity contribution in [3.8, 4) is 5.75 Å². The molecule has 0 radical (unpaired) electrons. The van der Waals surface area contributed by atoms with E-state index in [9.17, 15) is 14.4 Å². The van der Waals surface area contributed by atoms with E-state index < -0.39 is 23.4 Å². The van der Waals surface area contributed by atoms with Gasteiger partial charge in [0, 0.05) is 16.8 Å². The number of para-hydroxylation sites is 1. The summed E-state index contributed by atoms with van der Waals surface area (Å²) in [6.45, 7) is 5.24. The van der Waals surface area contributed by atoms with Crippen LogP contribution in [0.1, 0.15) is 27.2 Å². The van der Waals surface area contributed by atoms with Crippen molar-refractivity contribution >= 4 is 45.5 Å². The number of carbonyl (C=O) groups is 3. The highest BCUT2D eigenvalue weighted by molar-refractivity contribution is 6.11. The number of ether oxygens (including phenoxy) is 1. The van der Waals surface area contributed by atoms with Crippen LogP contribution < -0.4 is 15.4 Å². The molecule has 1 saturated heterocycles. The van der Waals surface area contributed by atoms with E-state index in [4.69, 9.17) is 9.15 Å². The van der Waals surface area contributed by atoms with Gasteiger partial charge in [0.15, 0.2) is 0 Å². The average Bonchev–Trinajstić information content (AvgIpc) is 3.16. The molecule has 0 spiro atoms. The molecule has 1 aromatic heterocycles. The molecule has 2 N–H and O–H groups in total. The second-order valence-electron chi connectivity index (χ2n) is 8.45. The number of urea groups is 1. The first-order valence-corrected chi connectivity index (χ1v) is 10.1. The van der Waals surface area contributed by atoms with Crippen molar-refractivity contribution < 1.29 is 23.5 Å². The maximum absolute atomic E-state index is 12.8. The summed E-state index contributed by atoms with van der Waals surface area (Å²) in [5.41, 5.74) is 0.718. The lowest BCUT2D eigenvalue weighted by atomic mass is 9.91. The average molecular weight is 423 g/mol. The van der Waals surface area contributed by atoms with E-state index in [0.29, 0.717) is 23.4 Å². The Balaban J connectivity index is 1.56. The largest absolute Gasteiger partial charge is 0.495 e. The number of furan rings is 1. The minimum absolute atomic E-state index is 0.211. The van der Waals surface area contributed by atoms with Crippen LogP contribution in [0.3, 0.4) is 0 Å². The highest BCUT2D eigenvalue weighted by Gasteiger charge is 2.48. The topological polar surface area (TPSA) is 101 Å². The first kappa shape index (κ1) is 20.7. The number of nitrogens with one attached hydrogen (secondary N) is 2. The number of rotatable bonds is 6. The van der Waals surface area contributed by atoms with Crippen molar-refractivity contribution in [1.29, 1.82) is 0 Å². The molecular formula is C23H25N3O5. The summed E-state index contributed by atoms with van der Waals surface area (Å²) in [6, 6.07) is 10.5. The number of fused-ring (bicyclic) bond motifs is 3. The standard InChI is InChI=1S/C23H25N3O5/c1-13(2)11-23(3)21(28)26(22(29)25-23)12-20(27)24-16-10-18-15(9-19(16)30-4)14-7-5-6-8-17(14)31-18/h5-10,13H,11-12H2,1-4H3,(H,24,27)(H,25,29). The van der Waals surface area contributed by atoms with Gasteiger partial charge in [0.1, 0.15) is 29.0 Å². The van der Waals surface area contributed by atoms with E-state index in [2.05, 4.69) is 10.6 Å². The molecule has 1 aliphatic rings. The maximum Gasteiger partial charge on any atom is 0.325 e. The van der Waals surface area contributed by atoms with E-state index in [1.807, 2.05) is 38.1 Å². The summed E-state index contributed by atoms with van der Waals surface area (Å²) >= 11 is 0. The quantitative estimate of drug-likeness (QED) is 0.586. The van der Waals surface area contributed by atoms with Crippen molar-refractivity contribution in [2.45, 2.75) is 32.7 Å². The number of benzene rings is 2. The van der Waals surface area contributed by atoms with Gasteiger partial charge in [0.05, 0.1) is 12.8 Å². The molecule has 0 aliphatic carbocycles. The van der Waals surface area contributed by atoms with Crippen LogP contribution in [-0.2, 0) is 9.59 Å². The van der Waals surface area contributed by atoms with E-state index in [0.717, 1.165) is 21.3 Å². The van der Waals surface area contributed by atoms with Gasteiger partial charge in [-0.25, -0.2) is 4.79 Å². The Morgan fingerprint density at radius 2 is 1.94 bits per heavy atom. The number of amides is 4. The Hall–Kier alpha value is -3.55. The maximum atomic E-state index is 12.8. The van der Waals surface area contributed by atoms with Crippen LogP contribution >= 0.6 is 0 Å². The highest BCUT2D eigenvalue weighted by Crippen LogP contribution is 2.36. The molecule has 162 valence electrons. The number of anilines is 1. The molecule has 0 bridgehead atoms. The Morgan fingerprint density at radius 1 is 1.19 bits per heavy atom. The minimum Gasteiger partial charge on any atom is -0.495 e. The van der Waals surface area contributed by atoms with Crippen molar-refractivity contribution in [1.82, 2.24) is 10.2 Å². The first-order valence-electron chi connectivity index (χ1n) is 10.1. The summed E-state index contributed by atoms with van der Waals surface area (Å²) in [6.07, 6.45) is 0.492. The lowest BCUT2D eigenvalue weighted by Gasteiger charge is -2.23. The smallest absolute Gasteiger partial charge is 0.325 e. The summed E-state index contributed by atoms with van der Waals surface area (Å²) < 4.78 is 11.3. The van der Waals surface area contributed by atoms with Crippen molar-refractivity contribution in [2.24, 2.45) is 5.92 Å². The Morgan fingerprint density at radius 3 is 2.65 bits per heavy atom. The molecule has 1 unspecified atom stereocenters. The predicted octanol–water partition coefficient (Wildman–Crippen LogP) is 3.89. The fourth-order valence-electron chi connectivity index (χ4n) is 4.20. The fraction of sp³-hybridized carbons (Fsp3) is 0.348. The van der Waals surface area contributed by atoms with E-state index in [1.54, 1.807) is 19.1 Å². The van der Waals surface area contributed by atoms with E-state index in [-0.39, 0.29) is 12.5 Å². The monoisotopic (exact) mass is 423 g/mol. The second kappa shape index (κ2) is 7.61. The van der Waals surface area contributed by atoms with Crippen LogP contribution in [-0.4, -0.2) is 41.9 Å². The molecule has 1 aliphatic heterocycles. The number of nitrogens with zero attached hydrogens (tertiary/aromatic N) is 1. The van der Waals surface area contributed by atoms with Crippen molar-refractivity contribution in [3.63, 3.8) is 0 Å². The predicted molar refractivity (Wildman–Crippen MR) is 117 cm³/mol. The summed E-state index contributed by atoms with van der Waals surface area (Å²) in [5.74, 6) is -0.246. The van der Waals surface area contributed by atoms with Crippen LogP contribution in [0.5, 0.6) is 5.75 Å². The van der Waals surface area contributed by atoms with Crippen LogP contribution in [0.2, 0.25) is 0 Å². The molecule has 8 heteroatoms. The Labute approximate surface area is 179 Å². The summed E-state index contributed by atoms with van der Waals surface area (Å²) in [7, 11) is 1.51. The molecular weight excluding hydrogens is 398 g/mol. The van der Waals surface area contributed by atoms with Crippen molar-refractivity contribution in [2.75, 3.05) is 19.0 Å². The SMILES string of the molecule is COc1cc2c(cc1NC(=O)CN1C(=O)NC(C)(CC(C)C)C1=O)oc1ccccc12. The lowest BCUT2D eigenvalue weighted by Crippen LogP contribution is -2.45. The molecule has 2 heterocycles. The van der Waals surface area contributed by atoms with Gasteiger partial charge in [-0.3, -0.25) is 14.5 Å². The number of methoxy groups -OCH3 is 1. The van der Waals surface area contributed by atoms with Crippen LogP contribution in [0.15, 0.2) is 40.8 Å². The zero-order valence-electron chi connectivity index (χ0n) is 17.9. The second-order valence-corrected chi connectivity index (χ2v) is 8.45. The molecule has 4 rings (SSSR count). The normalized spacial score (nSPS) is 18.8. The molecule has 1 fully saturated rings. The summed E-state index contributed by atoms with van der Waals surface area (Å²) in [5, 5.41) is 7.25. The van der Waals surface area contributed by atoms with Gasteiger partial charge in [-0.2, -0.15) is 0 Å². The lowest BCUT2D eigenvalue weighted by molar-refractivity contribution is -0.133. The zero-order chi connectivity index (χ0) is 22.3. The molecule has 3 aromatic rings. The third-order valence-electron chi connectivity index (χ3n) is 5.44. The van der Waals surface area contributed by atoms with E-state index >= 15 is 0 Å². The molecule has 1 atom stereocenters. The van der Waals surface area contributed by atoms with Gasteiger partial charge in [-0.05, 0) is 31.4 Å². The number of imide groups is 1. The third kappa shape index (κ3) is 3.69. The molecule has 8 nitrogen and oxygen atoms in total. The molecule has 4 amide bonds. The fourth-order valence-corrected chi connectivity index (χ4v) is 4.20. The Bertz CT molecular complexity index is 1200. The minimum atomic E-state index is -1.00. The third-order valence-corrected chi connectivity index (χ3v) is 5.44. The van der Waals surface area contributed by atoms with Crippen LogP contribution in [0.25, 0.3) is 21.9 Å². The molecule has 0 saturated carbocycles. The van der Waals surface area contributed by atoms with E-state index in [1.165, 1.54) is 7.11 Å². The van der Waals surface area contributed by atoms with Gasteiger partial charge >= 0.3 is 6.03 Å². The number of hydrogen-bond acceptors (Lipinski definition) is 5. The van der Waals surface area contributed by atoms with Crippen LogP contribution in [0, 0.1) is 5.92 Å². The van der Waals surface area contributed by atoms with Gasteiger partial charge in [0.2, 0.25) is 5.91 Å². The highest BCUT2D eigenvalue weighted by atomic mass is 16.5. The van der Waals surface area contributed by atoms with Crippen LogP contribution in [0.4, 0.5) is 10.5 Å². The van der Waals surface area contributed by atoms with Gasteiger partial charge in [-0.15, -0.1) is 0 Å². The number of carbonyl (C=O) groups excluding carboxylic acids is 3. The van der Waals surface area contributed by atoms with Crippen molar-refractivity contribution in [3.05, 3.63) is 36.4 Å². The first-order chi connectivity index (χ1) is 14.7.